The van der Waals surface area contributed by atoms with Crippen LogP contribution in [0.15, 0.2) is 24.0 Å². The van der Waals surface area contributed by atoms with Crippen LogP contribution in [0.1, 0.15) is 84.0 Å². The molecule has 0 spiro atoms. The molecule has 0 radical (unpaired) electrons. The number of carboxylic acids is 1. The Morgan fingerprint density at radius 3 is 2.34 bits per heavy atom. The van der Waals surface area contributed by atoms with Gasteiger partial charge in [-0.3, -0.25) is 4.79 Å². The van der Waals surface area contributed by atoms with Crippen molar-refractivity contribution in [3.63, 3.8) is 0 Å². The second kappa shape index (κ2) is 14.4. The smallest absolute Gasteiger partial charge is 0.309 e. The number of aliphatic carboxylic acids is 1. The lowest BCUT2D eigenvalue weighted by molar-refractivity contribution is -0.155. The molecule has 166 valence electrons. The molecule has 0 heterocycles. The van der Waals surface area contributed by atoms with Crippen molar-refractivity contribution in [2.24, 2.45) is 11.8 Å². The van der Waals surface area contributed by atoms with Crippen LogP contribution in [0.25, 0.3) is 0 Å². The lowest BCUT2D eigenvalue weighted by Gasteiger charge is -2.42. The monoisotopic (exact) mass is 408 g/mol. The van der Waals surface area contributed by atoms with Crippen molar-refractivity contribution >= 4 is 12.3 Å². The molecule has 0 bridgehead atoms. The first-order valence-corrected chi connectivity index (χ1v) is 11.2. The maximum absolute atomic E-state index is 12.1. The van der Waals surface area contributed by atoms with Crippen molar-refractivity contribution in [2.45, 2.75) is 89.6 Å². The molecule has 0 aliphatic heterocycles. The van der Waals surface area contributed by atoms with E-state index in [1.807, 2.05) is 18.2 Å². The Labute approximate surface area is 176 Å². The molecule has 5 heteroatoms. The summed E-state index contributed by atoms with van der Waals surface area (Å²) < 4.78 is 11.3. The van der Waals surface area contributed by atoms with E-state index in [9.17, 15) is 14.7 Å². The third-order valence-electron chi connectivity index (χ3n) is 6.07. The first-order valence-electron chi connectivity index (χ1n) is 11.2. The highest BCUT2D eigenvalue weighted by atomic mass is 16.5. The van der Waals surface area contributed by atoms with E-state index < -0.39 is 17.5 Å². The zero-order chi connectivity index (χ0) is 21.5. The molecule has 3 atom stereocenters. The maximum atomic E-state index is 12.1. The number of hydrogen-bond acceptors (Lipinski definition) is 4. The number of rotatable bonds is 17. The van der Waals surface area contributed by atoms with Gasteiger partial charge in [-0.25, -0.2) is 0 Å². The molecule has 0 aromatic heterocycles. The molecule has 0 amide bonds. The van der Waals surface area contributed by atoms with Crippen LogP contribution in [-0.2, 0) is 19.1 Å². The van der Waals surface area contributed by atoms with Crippen LogP contribution >= 0.6 is 0 Å². The molecule has 1 rings (SSSR count). The van der Waals surface area contributed by atoms with Gasteiger partial charge in [0.1, 0.15) is 17.6 Å². The number of ether oxygens (including phenoxy) is 2. The molecule has 1 aliphatic rings. The largest absolute Gasteiger partial charge is 0.497 e. The fraction of sp³-hybridized carbons (Fsp3) is 0.750. The summed E-state index contributed by atoms with van der Waals surface area (Å²) in [6.07, 6.45) is 18.6. The highest BCUT2D eigenvalue weighted by Gasteiger charge is 2.47. The normalized spacial score (nSPS) is 22.2. The molecule has 0 aromatic rings. The van der Waals surface area contributed by atoms with Crippen molar-refractivity contribution in [1.29, 1.82) is 0 Å². The molecule has 0 saturated carbocycles. The van der Waals surface area contributed by atoms with Gasteiger partial charge in [0.2, 0.25) is 0 Å². The Balaban J connectivity index is 2.78. The van der Waals surface area contributed by atoms with Crippen LogP contribution in [0.4, 0.5) is 0 Å². The summed E-state index contributed by atoms with van der Waals surface area (Å²) in [5.74, 6) is -0.890. The number of allylic oxidation sites excluding steroid dienone is 1. The summed E-state index contributed by atoms with van der Waals surface area (Å²) in [4.78, 5) is 22.8. The molecule has 1 N–H and O–H groups in total. The molecule has 3 unspecified atom stereocenters. The lowest BCUT2D eigenvalue weighted by atomic mass is 9.70. The van der Waals surface area contributed by atoms with E-state index in [2.05, 4.69) is 6.92 Å². The van der Waals surface area contributed by atoms with Crippen LogP contribution in [0, 0.1) is 11.8 Å². The van der Waals surface area contributed by atoms with Crippen LogP contribution in [0.5, 0.6) is 0 Å². The number of carboxylic acid groups (broad SMARTS) is 1. The highest BCUT2D eigenvalue weighted by Crippen LogP contribution is 2.42. The van der Waals surface area contributed by atoms with E-state index in [0.717, 1.165) is 31.3 Å². The van der Waals surface area contributed by atoms with Gasteiger partial charge in [-0.15, -0.1) is 0 Å². The summed E-state index contributed by atoms with van der Waals surface area (Å²) in [7, 11) is 3.22. The van der Waals surface area contributed by atoms with Crippen LogP contribution in [0.3, 0.4) is 0 Å². The minimum absolute atomic E-state index is 0.0649. The molecular formula is C24H40O5. The number of carbonyl (C=O) groups excluding carboxylic acids is 1. The molecule has 1 aliphatic carbocycles. The number of aldehydes is 1. The summed E-state index contributed by atoms with van der Waals surface area (Å²) >= 11 is 0. The van der Waals surface area contributed by atoms with Gasteiger partial charge in [0.05, 0.1) is 13.0 Å². The van der Waals surface area contributed by atoms with Gasteiger partial charge in [-0.2, -0.15) is 0 Å². The Kier molecular flexibility index (Phi) is 12.6. The van der Waals surface area contributed by atoms with E-state index in [4.69, 9.17) is 9.47 Å². The standard InChI is InChI=1S/C24H40O5/c1-4-5-6-7-8-9-10-11-14-20-19-21(28-2)16-17-24(20,29-3)22(23(26)27)15-12-13-18-25/h16-20,22H,4-15H2,1-3H3,(H,26,27). The van der Waals surface area contributed by atoms with Crippen LogP contribution in [0.2, 0.25) is 0 Å². The van der Waals surface area contributed by atoms with Crippen molar-refractivity contribution in [2.75, 3.05) is 14.2 Å². The van der Waals surface area contributed by atoms with E-state index in [1.54, 1.807) is 14.2 Å². The predicted molar refractivity (Wildman–Crippen MR) is 116 cm³/mol. The van der Waals surface area contributed by atoms with Gasteiger partial charge in [0.15, 0.2) is 0 Å². The second-order valence-corrected chi connectivity index (χ2v) is 8.02. The minimum atomic E-state index is -0.905. The van der Waals surface area contributed by atoms with Crippen molar-refractivity contribution < 1.29 is 24.2 Å². The van der Waals surface area contributed by atoms with Gasteiger partial charge in [-0.05, 0) is 37.5 Å². The van der Waals surface area contributed by atoms with Gasteiger partial charge >= 0.3 is 5.97 Å². The summed E-state index contributed by atoms with van der Waals surface area (Å²) in [6.45, 7) is 2.23. The second-order valence-electron chi connectivity index (χ2n) is 8.02. The van der Waals surface area contributed by atoms with E-state index in [0.29, 0.717) is 19.3 Å². The van der Waals surface area contributed by atoms with E-state index in [1.165, 1.54) is 38.5 Å². The topological polar surface area (TPSA) is 72.8 Å². The van der Waals surface area contributed by atoms with Crippen LogP contribution in [-0.4, -0.2) is 37.2 Å². The first-order chi connectivity index (χ1) is 14.1. The van der Waals surface area contributed by atoms with Crippen molar-refractivity contribution in [3.8, 4) is 0 Å². The van der Waals surface area contributed by atoms with Crippen molar-refractivity contribution in [1.82, 2.24) is 0 Å². The molecule has 0 fully saturated rings. The Bertz CT molecular complexity index is 539. The number of carbonyl (C=O) groups is 2. The lowest BCUT2D eigenvalue weighted by Crippen LogP contribution is -2.49. The van der Waals surface area contributed by atoms with E-state index >= 15 is 0 Å². The fourth-order valence-corrected chi connectivity index (χ4v) is 4.35. The number of hydrogen-bond donors (Lipinski definition) is 1. The zero-order valence-electron chi connectivity index (χ0n) is 18.5. The average molecular weight is 409 g/mol. The quantitative estimate of drug-likeness (QED) is 0.247. The van der Waals surface area contributed by atoms with Gasteiger partial charge < -0.3 is 19.4 Å². The average Bonchev–Trinajstić information content (AvgIpc) is 2.73. The molecule has 0 aromatic carbocycles. The summed E-state index contributed by atoms with van der Waals surface area (Å²) in [6, 6.07) is 0. The zero-order valence-corrected chi connectivity index (χ0v) is 18.5. The molecule has 29 heavy (non-hydrogen) atoms. The summed E-state index contributed by atoms with van der Waals surface area (Å²) in [5.41, 5.74) is -0.905. The third kappa shape index (κ3) is 7.96. The Morgan fingerprint density at radius 1 is 1.14 bits per heavy atom. The highest BCUT2D eigenvalue weighted by molar-refractivity contribution is 5.72. The third-order valence-corrected chi connectivity index (χ3v) is 6.07. The van der Waals surface area contributed by atoms with Crippen LogP contribution < -0.4 is 0 Å². The SMILES string of the molecule is CCCCCCCCCCC1C=C(OC)C=CC1(OC)C(CCCC=O)C(=O)O. The van der Waals surface area contributed by atoms with Gasteiger partial charge in [0.25, 0.3) is 0 Å². The van der Waals surface area contributed by atoms with Gasteiger partial charge in [0, 0.05) is 19.4 Å². The summed E-state index contributed by atoms with van der Waals surface area (Å²) in [5, 5.41) is 9.92. The molecule has 0 saturated heterocycles. The van der Waals surface area contributed by atoms with E-state index in [-0.39, 0.29) is 5.92 Å². The molecule has 5 nitrogen and oxygen atoms in total. The van der Waals surface area contributed by atoms with Gasteiger partial charge in [-0.1, -0.05) is 58.3 Å². The first kappa shape index (κ1) is 25.4. The fourth-order valence-electron chi connectivity index (χ4n) is 4.35. The predicted octanol–water partition coefficient (Wildman–Crippen LogP) is 5.69. The number of unbranched alkanes of at least 4 members (excludes halogenated alkanes) is 8. The number of methoxy groups -OCH3 is 2. The van der Waals surface area contributed by atoms with Crippen molar-refractivity contribution in [3.05, 3.63) is 24.0 Å². The minimum Gasteiger partial charge on any atom is -0.497 e. The Hall–Kier alpha value is -1.62. The Morgan fingerprint density at radius 2 is 1.79 bits per heavy atom. The molecular weight excluding hydrogens is 368 g/mol. The maximum Gasteiger partial charge on any atom is 0.309 e.